The van der Waals surface area contributed by atoms with Crippen molar-refractivity contribution in [2.45, 2.75) is 83.8 Å². The summed E-state index contributed by atoms with van der Waals surface area (Å²) in [5.41, 5.74) is -0.471. The highest BCUT2D eigenvalue weighted by Crippen LogP contribution is 2.66. The molecule has 30 heavy (non-hydrogen) atoms. The van der Waals surface area contributed by atoms with Crippen LogP contribution >= 0.6 is 0 Å². The average Bonchev–Trinajstić information content (AvgIpc) is 3.32. The quantitative estimate of drug-likeness (QED) is 0.676. The molecular weight excluding hydrogens is 377 g/mol. The number of nitrogens with zero attached hydrogens (tertiary/aromatic N) is 3. The first kappa shape index (κ1) is 20.2. The zero-order valence-electron chi connectivity index (χ0n) is 18.3. The van der Waals surface area contributed by atoms with Gasteiger partial charge in [-0.15, -0.1) is 0 Å². The van der Waals surface area contributed by atoms with Crippen molar-refractivity contribution < 1.29 is 9.18 Å². The van der Waals surface area contributed by atoms with Gasteiger partial charge in [0.1, 0.15) is 11.7 Å². The molecule has 1 heterocycles. The third-order valence-corrected chi connectivity index (χ3v) is 9.76. The van der Waals surface area contributed by atoms with Gasteiger partial charge in [-0.25, -0.2) is 4.39 Å². The van der Waals surface area contributed by atoms with Crippen molar-refractivity contribution in [3.8, 4) is 6.07 Å². The summed E-state index contributed by atoms with van der Waals surface area (Å²) in [4.78, 5) is 13.2. The van der Waals surface area contributed by atoms with Gasteiger partial charge >= 0.3 is 0 Å². The van der Waals surface area contributed by atoms with E-state index in [0.717, 1.165) is 57.8 Å². The van der Waals surface area contributed by atoms with E-state index in [1.807, 2.05) is 0 Å². The molecule has 0 N–H and O–H groups in total. The fourth-order valence-electron chi connectivity index (χ4n) is 8.30. The standard InChI is InChI=1S/C25H34FN3O/c1-16-7-10-25(26)18(11-16)3-4-19-20-5-6-22(24(20,2)9-8-21(19)25)23(30)15-29-14-17(12-27)13-28-29/h13-14,16,18-22H,3-11,15H2,1-2H3. The summed E-state index contributed by atoms with van der Waals surface area (Å²) in [6, 6.07) is 2.07. The Morgan fingerprint density at radius 2 is 2.07 bits per heavy atom. The largest absolute Gasteiger partial charge is 0.297 e. The molecule has 4 nitrogen and oxygen atoms in total. The van der Waals surface area contributed by atoms with Crippen LogP contribution in [0.2, 0.25) is 0 Å². The molecule has 1 aromatic heterocycles. The molecule has 4 aliphatic carbocycles. The Bertz CT molecular complexity index is 874. The number of hydrogen-bond donors (Lipinski definition) is 0. The highest BCUT2D eigenvalue weighted by molar-refractivity contribution is 5.82. The predicted molar refractivity (Wildman–Crippen MR) is 112 cm³/mol. The molecule has 8 unspecified atom stereocenters. The maximum Gasteiger partial charge on any atom is 0.157 e. The maximum absolute atomic E-state index is 16.4. The first-order valence-corrected chi connectivity index (χ1v) is 12.0. The second-order valence-corrected chi connectivity index (χ2v) is 11.1. The Hall–Kier alpha value is -1.70. The SMILES string of the molecule is CC1CCC2(F)C(CCC3C4CCC(C(=O)Cn5cc(C#N)cn5)C4(C)CCC32)C1. The zero-order valence-corrected chi connectivity index (χ0v) is 18.3. The van der Waals surface area contributed by atoms with E-state index in [-0.39, 0.29) is 35.5 Å². The van der Waals surface area contributed by atoms with Crippen molar-refractivity contribution in [2.75, 3.05) is 0 Å². The Labute approximate surface area is 179 Å². The lowest BCUT2D eigenvalue weighted by Crippen LogP contribution is -2.56. The van der Waals surface area contributed by atoms with Crippen molar-refractivity contribution >= 4 is 5.78 Å². The molecular formula is C25H34FN3O. The summed E-state index contributed by atoms with van der Waals surface area (Å²) in [6.45, 7) is 4.85. The molecule has 0 amide bonds. The second-order valence-electron chi connectivity index (χ2n) is 11.1. The number of carbonyl (C=O) groups is 1. The molecule has 4 aliphatic rings. The molecule has 0 saturated heterocycles. The van der Waals surface area contributed by atoms with Crippen LogP contribution in [0.1, 0.15) is 77.2 Å². The molecule has 5 rings (SSSR count). The lowest BCUT2D eigenvalue weighted by atomic mass is 9.48. The second kappa shape index (κ2) is 7.18. The maximum atomic E-state index is 16.4. The van der Waals surface area contributed by atoms with Gasteiger partial charge in [0, 0.05) is 12.1 Å². The van der Waals surface area contributed by atoms with Crippen molar-refractivity contribution in [1.29, 1.82) is 5.26 Å². The third-order valence-electron chi connectivity index (χ3n) is 9.76. The van der Waals surface area contributed by atoms with Crippen LogP contribution in [0.25, 0.3) is 0 Å². The molecule has 0 radical (unpaired) electrons. The van der Waals surface area contributed by atoms with Crippen LogP contribution in [0.3, 0.4) is 0 Å². The molecule has 162 valence electrons. The molecule has 0 aliphatic heterocycles. The normalized spacial score (nSPS) is 45.1. The van der Waals surface area contributed by atoms with Crippen molar-refractivity contribution in [3.63, 3.8) is 0 Å². The van der Waals surface area contributed by atoms with Crippen molar-refractivity contribution in [2.24, 2.45) is 40.9 Å². The van der Waals surface area contributed by atoms with Gasteiger partial charge in [0.2, 0.25) is 0 Å². The van der Waals surface area contributed by atoms with Gasteiger partial charge in [-0.2, -0.15) is 10.4 Å². The number of alkyl halides is 1. The molecule has 1 aromatic rings. The number of Topliss-reactive ketones (excluding diaryl/α,β-unsaturated/α-hetero) is 1. The van der Waals surface area contributed by atoms with Crippen LogP contribution in [-0.2, 0) is 11.3 Å². The number of fused-ring (bicyclic) bond motifs is 5. The molecule has 4 saturated carbocycles. The van der Waals surface area contributed by atoms with Gasteiger partial charge in [-0.1, -0.05) is 13.8 Å². The van der Waals surface area contributed by atoms with Gasteiger partial charge < -0.3 is 0 Å². The summed E-state index contributed by atoms with van der Waals surface area (Å²) in [5.74, 6) is 2.34. The summed E-state index contributed by atoms with van der Waals surface area (Å²) in [7, 11) is 0. The summed E-state index contributed by atoms with van der Waals surface area (Å²) in [6.07, 6.45) is 12.1. The van der Waals surface area contributed by atoms with Gasteiger partial charge in [0.05, 0.1) is 18.3 Å². The minimum absolute atomic E-state index is 0.00534. The van der Waals surface area contributed by atoms with Crippen LogP contribution in [-0.4, -0.2) is 21.2 Å². The fraction of sp³-hybridized carbons (Fsp3) is 0.800. The van der Waals surface area contributed by atoms with Crippen LogP contribution in [0.15, 0.2) is 12.4 Å². The van der Waals surface area contributed by atoms with E-state index in [1.165, 1.54) is 6.20 Å². The third kappa shape index (κ3) is 2.97. The Morgan fingerprint density at radius 1 is 1.23 bits per heavy atom. The number of ketones is 1. The van der Waals surface area contributed by atoms with Crippen LogP contribution < -0.4 is 0 Å². The Morgan fingerprint density at radius 3 is 2.83 bits per heavy atom. The van der Waals surface area contributed by atoms with E-state index in [2.05, 4.69) is 25.0 Å². The van der Waals surface area contributed by atoms with Gasteiger partial charge in [-0.05, 0) is 92.8 Å². The first-order valence-electron chi connectivity index (χ1n) is 12.0. The lowest BCUT2D eigenvalue weighted by molar-refractivity contribution is -0.146. The van der Waals surface area contributed by atoms with Gasteiger partial charge in [0.15, 0.2) is 5.78 Å². The molecule has 8 atom stereocenters. The molecule has 0 spiro atoms. The minimum Gasteiger partial charge on any atom is -0.297 e. The summed E-state index contributed by atoms with van der Waals surface area (Å²) in [5, 5.41) is 13.2. The number of nitriles is 1. The average molecular weight is 412 g/mol. The molecule has 0 aromatic carbocycles. The van der Waals surface area contributed by atoms with Crippen molar-refractivity contribution in [3.05, 3.63) is 18.0 Å². The first-order chi connectivity index (χ1) is 14.3. The van der Waals surface area contributed by atoms with Crippen LogP contribution in [0.5, 0.6) is 0 Å². The highest BCUT2D eigenvalue weighted by Gasteiger charge is 2.62. The molecule has 4 fully saturated rings. The highest BCUT2D eigenvalue weighted by atomic mass is 19.1. The Balaban J connectivity index is 1.34. The smallest absolute Gasteiger partial charge is 0.157 e. The van der Waals surface area contributed by atoms with Crippen LogP contribution in [0, 0.1) is 52.3 Å². The van der Waals surface area contributed by atoms with E-state index < -0.39 is 5.67 Å². The van der Waals surface area contributed by atoms with Crippen molar-refractivity contribution in [1.82, 2.24) is 9.78 Å². The zero-order chi connectivity index (χ0) is 21.1. The molecule has 5 heteroatoms. The number of rotatable bonds is 3. The number of aromatic nitrogens is 2. The molecule has 0 bridgehead atoms. The Kier molecular flexibility index (Phi) is 4.84. The summed E-state index contributed by atoms with van der Waals surface area (Å²) < 4.78 is 18.0. The lowest BCUT2D eigenvalue weighted by Gasteiger charge is -2.58. The summed E-state index contributed by atoms with van der Waals surface area (Å²) >= 11 is 0. The predicted octanol–water partition coefficient (Wildman–Crippen LogP) is 5.32. The van der Waals surface area contributed by atoms with Gasteiger partial charge in [0.25, 0.3) is 0 Å². The van der Waals surface area contributed by atoms with E-state index in [0.29, 0.717) is 23.3 Å². The van der Waals surface area contributed by atoms with E-state index in [4.69, 9.17) is 5.26 Å². The number of hydrogen-bond acceptors (Lipinski definition) is 3. The van der Waals surface area contributed by atoms with E-state index in [9.17, 15) is 4.79 Å². The van der Waals surface area contributed by atoms with E-state index >= 15 is 4.39 Å². The topological polar surface area (TPSA) is 58.7 Å². The fourth-order valence-corrected chi connectivity index (χ4v) is 8.30. The van der Waals surface area contributed by atoms with Gasteiger partial charge in [-0.3, -0.25) is 9.48 Å². The minimum atomic E-state index is -0.957. The number of halogens is 1. The van der Waals surface area contributed by atoms with E-state index in [1.54, 1.807) is 10.9 Å². The monoisotopic (exact) mass is 411 g/mol. The number of carbonyl (C=O) groups excluding carboxylic acids is 1. The van der Waals surface area contributed by atoms with Crippen LogP contribution in [0.4, 0.5) is 4.39 Å².